The zero-order valence-electron chi connectivity index (χ0n) is 17.3. The van der Waals surface area contributed by atoms with Crippen LogP contribution >= 0.6 is 0 Å². The largest absolute Gasteiger partial charge is 0.357 e. The van der Waals surface area contributed by atoms with Crippen molar-refractivity contribution in [2.75, 3.05) is 13.1 Å². The Morgan fingerprint density at radius 3 is 2.57 bits per heavy atom. The van der Waals surface area contributed by atoms with E-state index in [0.717, 1.165) is 54.4 Å². The Morgan fingerprint density at radius 1 is 1.13 bits per heavy atom. The molecule has 0 saturated carbocycles. The second-order valence-electron chi connectivity index (χ2n) is 6.96. The van der Waals surface area contributed by atoms with Gasteiger partial charge in [0.1, 0.15) is 5.82 Å². The second-order valence-corrected chi connectivity index (χ2v) is 8.53. The van der Waals surface area contributed by atoms with Gasteiger partial charge in [0, 0.05) is 19.6 Å². The fraction of sp³-hybridized carbons (Fsp3) is 0.333. The number of nitrogens with one attached hydrogen (secondary N) is 2. The summed E-state index contributed by atoms with van der Waals surface area (Å²) in [5, 5.41) is 11.7. The van der Waals surface area contributed by atoms with Gasteiger partial charge in [0.15, 0.2) is 5.96 Å². The van der Waals surface area contributed by atoms with Crippen LogP contribution in [0.4, 0.5) is 0 Å². The summed E-state index contributed by atoms with van der Waals surface area (Å²) in [7, 11) is -3.68. The van der Waals surface area contributed by atoms with Gasteiger partial charge in [0.25, 0.3) is 0 Å². The zero-order valence-corrected chi connectivity index (χ0v) is 18.1. The van der Waals surface area contributed by atoms with E-state index in [9.17, 15) is 8.42 Å². The van der Waals surface area contributed by atoms with E-state index in [1.54, 1.807) is 12.1 Å². The number of para-hydroxylation sites is 2. The summed E-state index contributed by atoms with van der Waals surface area (Å²) in [4.78, 5) is 9.27. The lowest BCUT2D eigenvalue weighted by Crippen LogP contribution is -2.38. The van der Waals surface area contributed by atoms with Gasteiger partial charge in [-0.3, -0.25) is 0 Å². The van der Waals surface area contributed by atoms with Crippen molar-refractivity contribution in [2.45, 2.75) is 38.3 Å². The molecule has 3 rings (SSSR count). The molecule has 160 valence electrons. The summed E-state index contributed by atoms with van der Waals surface area (Å²) in [5.74, 6) is 1.74. The molecule has 0 spiro atoms. The molecule has 8 nitrogen and oxygen atoms in total. The van der Waals surface area contributed by atoms with Gasteiger partial charge in [0.2, 0.25) is 10.0 Å². The van der Waals surface area contributed by atoms with Crippen molar-refractivity contribution < 1.29 is 8.42 Å². The van der Waals surface area contributed by atoms with Crippen LogP contribution in [-0.2, 0) is 23.1 Å². The number of primary sulfonamides is 1. The first-order chi connectivity index (χ1) is 14.4. The average Bonchev–Trinajstić information content (AvgIpc) is 3.04. The Kier molecular flexibility index (Phi) is 7.07. The number of benzene rings is 2. The standard InChI is InChI=1S/C21H28N6O2S/c1-3-23-21(25-15-17-9-11-18(12-10-17)30(22,28)29)24-13-6-14-27-16(2)26-19-7-4-5-8-20(19)27/h4-5,7-12H,3,6,13-15H2,1-2H3,(H2,22,28,29)(H2,23,24,25). The molecule has 9 heteroatoms. The summed E-state index contributed by atoms with van der Waals surface area (Å²) in [5.41, 5.74) is 3.07. The summed E-state index contributed by atoms with van der Waals surface area (Å²) in [6, 6.07) is 14.6. The number of sulfonamides is 1. The number of aliphatic imine (C=N–C) groups is 1. The molecule has 3 aromatic rings. The predicted octanol–water partition coefficient (Wildman–Crippen LogP) is 2.14. The molecule has 1 heterocycles. The van der Waals surface area contributed by atoms with Crippen LogP contribution in [0.2, 0.25) is 0 Å². The highest BCUT2D eigenvalue weighted by Crippen LogP contribution is 2.15. The van der Waals surface area contributed by atoms with E-state index in [2.05, 4.69) is 31.2 Å². The molecule has 0 saturated heterocycles. The van der Waals surface area contributed by atoms with Gasteiger partial charge in [0.05, 0.1) is 22.5 Å². The minimum absolute atomic E-state index is 0.0996. The Morgan fingerprint density at radius 2 is 1.87 bits per heavy atom. The second kappa shape index (κ2) is 9.73. The summed E-state index contributed by atoms with van der Waals surface area (Å²) in [6.45, 7) is 6.86. The van der Waals surface area contributed by atoms with Crippen LogP contribution in [0.3, 0.4) is 0 Å². The number of imidazole rings is 1. The van der Waals surface area contributed by atoms with Crippen LogP contribution in [0, 0.1) is 6.92 Å². The predicted molar refractivity (Wildman–Crippen MR) is 120 cm³/mol. The Labute approximate surface area is 177 Å². The number of nitrogens with two attached hydrogens (primary N) is 1. The lowest BCUT2D eigenvalue weighted by atomic mass is 10.2. The van der Waals surface area contributed by atoms with Crippen molar-refractivity contribution in [1.82, 2.24) is 20.2 Å². The Bertz CT molecular complexity index is 1120. The fourth-order valence-electron chi connectivity index (χ4n) is 3.22. The van der Waals surface area contributed by atoms with E-state index >= 15 is 0 Å². The molecule has 2 aromatic carbocycles. The lowest BCUT2D eigenvalue weighted by molar-refractivity contribution is 0.597. The number of nitrogens with zero attached hydrogens (tertiary/aromatic N) is 3. The highest BCUT2D eigenvalue weighted by molar-refractivity contribution is 7.89. The molecular formula is C21H28N6O2S. The molecule has 0 unspecified atom stereocenters. The molecule has 0 radical (unpaired) electrons. The lowest BCUT2D eigenvalue weighted by Gasteiger charge is -2.12. The van der Waals surface area contributed by atoms with Gasteiger partial charge < -0.3 is 15.2 Å². The highest BCUT2D eigenvalue weighted by atomic mass is 32.2. The molecule has 0 aliphatic heterocycles. The average molecular weight is 429 g/mol. The van der Waals surface area contributed by atoms with E-state index in [4.69, 9.17) is 5.14 Å². The first-order valence-electron chi connectivity index (χ1n) is 9.94. The van der Waals surface area contributed by atoms with E-state index in [-0.39, 0.29) is 4.90 Å². The van der Waals surface area contributed by atoms with Crippen molar-refractivity contribution in [1.29, 1.82) is 0 Å². The molecule has 0 atom stereocenters. The van der Waals surface area contributed by atoms with Crippen molar-refractivity contribution in [3.05, 3.63) is 59.9 Å². The third-order valence-corrected chi connectivity index (χ3v) is 5.64. The van der Waals surface area contributed by atoms with Crippen LogP contribution in [0.5, 0.6) is 0 Å². The number of hydrogen-bond acceptors (Lipinski definition) is 4. The molecule has 0 amide bonds. The van der Waals surface area contributed by atoms with Crippen LogP contribution in [0.15, 0.2) is 58.4 Å². The van der Waals surface area contributed by atoms with Crippen LogP contribution in [-0.4, -0.2) is 37.0 Å². The summed E-state index contributed by atoms with van der Waals surface area (Å²) in [6.07, 6.45) is 0.925. The third kappa shape index (κ3) is 5.58. The maximum absolute atomic E-state index is 11.3. The SMILES string of the molecule is CCNC(=NCc1ccc(S(N)(=O)=O)cc1)NCCCn1c(C)nc2ccccc21. The van der Waals surface area contributed by atoms with Crippen molar-refractivity contribution in [3.8, 4) is 0 Å². The van der Waals surface area contributed by atoms with E-state index in [0.29, 0.717) is 6.54 Å². The number of guanidine groups is 1. The smallest absolute Gasteiger partial charge is 0.238 e. The third-order valence-electron chi connectivity index (χ3n) is 4.71. The minimum Gasteiger partial charge on any atom is -0.357 e. The van der Waals surface area contributed by atoms with Gasteiger partial charge in [-0.1, -0.05) is 24.3 Å². The summed E-state index contributed by atoms with van der Waals surface area (Å²) >= 11 is 0. The van der Waals surface area contributed by atoms with Crippen molar-refractivity contribution in [2.24, 2.45) is 10.1 Å². The van der Waals surface area contributed by atoms with Crippen LogP contribution in [0.25, 0.3) is 11.0 Å². The van der Waals surface area contributed by atoms with E-state index in [1.165, 1.54) is 12.1 Å². The first kappa shape index (κ1) is 21.8. The molecule has 0 aliphatic rings. The molecule has 0 bridgehead atoms. The molecule has 30 heavy (non-hydrogen) atoms. The zero-order chi connectivity index (χ0) is 21.6. The Hall–Kier alpha value is -2.91. The Balaban J connectivity index is 1.55. The highest BCUT2D eigenvalue weighted by Gasteiger charge is 2.07. The van der Waals surface area contributed by atoms with Gasteiger partial charge in [-0.25, -0.2) is 23.5 Å². The van der Waals surface area contributed by atoms with Crippen LogP contribution in [0.1, 0.15) is 24.7 Å². The fourth-order valence-corrected chi connectivity index (χ4v) is 3.73. The van der Waals surface area contributed by atoms with Crippen molar-refractivity contribution in [3.63, 3.8) is 0 Å². The minimum atomic E-state index is -3.68. The summed E-state index contributed by atoms with van der Waals surface area (Å²) < 4.78 is 24.9. The molecular weight excluding hydrogens is 400 g/mol. The molecule has 0 fully saturated rings. The maximum atomic E-state index is 11.3. The molecule has 4 N–H and O–H groups in total. The first-order valence-corrected chi connectivity index (χ1v) is 11.5. The quantitative estimate of drug-likeness (QED) is 0.289. The number of hydrogen-bond donors (Lipinski definition) is 3. The number of aryl methyl sites for hydroxylation is 2. The maximum Gasteiger partial charge on any atom is 0.238 e. The van der Waals surface area contributed by atoms with E-state index < -0.39 is 10.0 Å². The van der Waals surface area contributed by atoms with Gasteiger partial charge in [-0.2, -0.15) is 0 Å². The number of fused-ring (bicyclic) bond motifs is 1. The topological polar surface area (TPSA) is 114 Å². The number of aromatic nitrogens is 2. The molecule has 0 aliphatic carbocycles. The van der Waals surface area contributed by atoms with Crippen LogP contribution < -0.4 is 15.8 Å². The van der Waals surface area contributed by atoms with E-state index in [1.807, 2.05) is 32.0 Å². The number of rotatable bonds is 8. The normalized spacial score (nSPS) is 12.3. The monoisotopic (exact) mass is 428 g/mol. The van der Waals surface area contributed by atoms with Gasteiger partial charge in [-0.05, 0) is 50.1 Å². The van der Waals surface area contributed by atoms with Gasteiger partial charge in [-0.15, -0.1) is 0 Å². The van der Waals surface area contributed by atoms with Gasteiger partial charge >= 0.3 is 0 Å². The molecule has 1 aromatic heterocycles. The van der Waals surface area contributed by atoms with Crippen molar-refractivity contribution >= 4 is 27.0 Å².